The van der Waals surface area contributed by atoms with Crippen molar-refractivity contribution in [2.75, 3.05) is 0 Å². The van der Waals surface area contributed by atoms with Crippen LogP contribution in [-0.4, -0.2) is 9.97 Å². The second kappa shape index (κ2) is 11.0. The minimum atomic E-state index is -0.161. The highest BCUT2D eigenvalue weighted by Crippen LogP contribution is 2.59. The zero-order chi connectivity index (χ0) is 36.3. The molecule has 0 N–H and O–H groups in total. The number of fused-ring (bicyclic) bond motifs is 9. The molecule has 0 radical (unpaired) electrons. The van der Waals surface area contributed by atoms with E-state index in [1.54, 1.807) is 0 Å². The van der Waals surface area contributed by atoms with Gasteiger partial charge in [0.15, 0.2) is 11.2 Å². The number of nitrogens with zero attached hydrogens (tertiary/aromatic N) is 2. The summed E-state index contributed by atoms with van der Waals surface area (Å²) in [5, 5.41) is 0. The lowest BCUT2D eigenvalue weighted by Gasteiger charge is -2.30. The number of benzene rings is 7. The Labute approximate surface area is 313 Å². The quantitative estimate of drug-likeness (QED) is 0.184. The van der Waals surface area contributed by atoms with Gasteiger partial charge in [-0.15, -0.1) is 0 Å². The van der Waals surface area contributed by atoms with Crippen LogP contribution < -0.4 is 0 Å². The van der Waals surface area contributed by atoms with Crippen molar-refractivity contribution in [3.05, 3.63) is 168 Å². The van der Waals surface area contributed by atoms with Crippen LogP contribution in [0.3, 0.4) is 0 Å². The van der Waals surface area contributed by atoms with Crippen molar-refractivity contribution in [1.29, 1.82) is 0 Å². The molecule has 0 bridgehead atoms. The van der Waals surface area contributed by atoms with E-state index in [9.17, 15) is 0 Å². The molecule has 0 saturated carbocycles. The number of para-hydroxylation sites is 4. The first kappa shape index (κ1) is 31.0. The van der Waals surface area contributed by atoms with E-state index in [1.165, 1.54) is 50.1 Å². The molecule has 2 aromatic heterocycles. The number of oxazole rings is 2. The number of rotatable bonds is 4. The lowest BCUT2D eigenvalue weighted by molar-refractivity contribution is 0.601. The molecule has 2 heterocycles. The lowest BCUT2D eigenvalue weighted by atomic mass is 9.72. The fraction of sp³-hybridized carbons (Fsp3) is 0.120. The van der Waals surface area contributed by atoms with Crippen LogP contribution in [0.1, 0.15) is 49.9 Å². The molecule has 0 atom stereocenters. The molecule has 0 saturated heterocycles. The van der Waals surface area contributed by atoms with Crippen molar-refractivity contribution in [3.8, 4) is 67.4 Å². The average Bonchev–Trinajstić information content (AvgIpc) is 3.95. The maximum atomic E-state index is 6.27. The first-order valence-electron chi connectivity index (χ1n) is 18.6. The summed E-state index contributed by atoms with van der Waals surface area (Å²) in [5.41, 5.74) is 20.3. The Morgan fingerprint density at radius 1 is 0.370 bits per heavy atom. The summed E-state index contributed by atoms with van der Waals surface area (Å²) in [4.78, 5) is 9.70. The van der Waals surface area contributed by atoms with Crippen LogP contribution in [0.5, 0.6) is 0 Å². The van der Waals surface area contributed by atoms with Gasteiger partial charge in [0, 0.05) is 22.0 Å². The van der Waals surface area contributed by atoms with E-state index >= 15 is 0 Å². The topological polar surface area (TPSA) is 52.1 Å². The van der Waals surface area contributed by atoms with Crippen molar-refractivity contribution in [2.45, 2.75) is 38.5 Å². The molecule has 0 unspecified atom stereocenters. The van der Waals surface area contributed by atoms with E-state index in [4.69, 9.17) is 18.8 Å². The van der Waals surface area contributed by atoms with Gasteiger partial charge in [-0.25, -0.2) is 9.97 Å². The molecule has 4 nitrogen and oxygen atoms in total. The molecule has 4 heteroatoms. The summed E-state index contributed by atoms with van der Waals surface area (Å²) < 4.78 is 12.5. The van der Waals surface area contributed by atoms with Crippen LogP contribution in [0.4, 0.5) is 0 Å². The Kier molecular flexibility index (Phi) is 6.33. The maximum Gasteiger partial charge on any atom is 0.227 e. The van der Waals surface area contributed by atoms with E-state index in [1.807, 2.05) is 48.5 Å². The number of hydrogen-bond acceptors (Lipinski definition) is 4. The molecular formula is C50H36N2O2. The summed E-state index contributed by atoms with van der Waals surface area (Å²) in [7, 11) is 0. The molecule has 0 fully saturated rings. The lowest BCUT2D eigenvalue weighted by Crippen LogP contribution is -2.24. The summed E-state index contributed by atoms with van der Waals surface area (Å²) in [6.45, 7) is 9.59. The highest BCUT2D eigenvalue weighted by Gasteiger charge is 2.45. The highest BCUT2D eigenvalue weighted by molar-refractivity contribution is 5.92. The van der Waals surface area contributed by atoms with Gasteiger partial charge < -0.3 is 8.83 Å². The van der Waals surface area contributed by atoms with Gasteiger partial charge in [-0.05, 0) is 121 Å². The van der Waals surface area contributed by atoms with E-state index in [0.29, 0.717) is 11.8 Å². The molecule has 0 aliphatic heterocycles. The Bertz CT molecular complexity index is 2850. The minimum Gasteiger partial charge on any atom is -0.436 e. The van der Waals surface area contributed by atoms with Crippen LogP contribution in [0.15, 0.2) is 154 Å². The Balaban J connectivity index is 1.02. The van der Waals surface area contributed by atoms with Crippen LogP contribution in [0.25, 0.3) is 89.6 Å². The van der Waals surface area contributed by atoms with Crippen molar-refractivity contribution >= 4 is 22.2 Å². The van der Waals surface area contributed by atoms with Crippen LogP contribution in [-0.2, 0) is 10.8 Å². The molecule has 2 aliphatic rings. The number of aromatic nitrogens is 2. The van der Waals surface area contributed by atoms with Crippen molar-refractivity contribution in [2.24, 2.45) is 0 Å². The Morgan fingerprint density at radius 3 is 1.46 bits per heavy atom. The molecule has 0 amide bonds. The van der Waals surface area contributed by atoms with E-state index in [0.717, 1.165) is 50.0 Å². The first-order valence-corrected chi connectivity index (χ1v) is 18.6. The monoisotopic (exact) mass is 696 g/mol. The molecule has 54 heavy (non-hydrogen) atoms. The van der Waals surface area contributed by atoms with Gasteiger partial charge in [-0.2, -0.15) is 0 Å². The van der Waals surface area contributed by atoms with E-state index in [2.05, 4.69) is 125 Å². The summed E-state index contributed by atoms with van der Waals surface area (Å²) in [6.07, 6.45) is 0. The Morgan fingerprint density at radius 2 is 0.833 bits per heavy atom. The largest absolute Gasteiger partial charge is 0.436 e. The first-order chi connectivity index (χ1) is 26.2. The zero-order valence-electron chi connectivity index (χ0n) is 30.6. The fourth-order valence-corrected chi connectivity index (χ4v) is 9.27. The third kappa shape index (κ3) is 4.43. The van der Waals surface area contributed by atoms with Gasteiger partial charge in [-0.1, -0.05) is 119 Å². The molecule has 9 aromatic rings. The summed E-state index contributed by atoms with van der Waals surface area (Å²) >= 11 is 0. The summed E-state index contributed by atoms with van der Waals surface area (Å²) in [6, 6.07) is 51.6. The van der Waals surface area contributed by atoms with Crippen molar-refractivity contribution < 1.29 is 8.83 Å². The predicted molar refractivity (Wildman–Crippen MR) is 218 cm³/mol. The van der Waals surface area contributed by atoms with Gasteiger partial charge in [0.25, 0.3) is 0 Å². The molecule has 0 spiro atoms. The zero-order valence-corrected chi connectivity index (χ0v) is 30.6. The van der Waals surface area contributed by atoms with Crippen LogP contribution in [0, 0.1) is 0 Å². The van der Waals surface area contributed by atoms with Gasteiger partial charge in [0.2, 0.25) is 11.8 Å². The normalized spacial score (nSPS) is 14.6. The third-order valence-electron chi connectivity index (χ3n) is 11.9. The van der Waals surface area contributed by atoms with E-state index in [-0.39, 0.29) is 10.8 Å². The standard InChI is InChI=1S/C50H36N2O2/c1-49(2)39-15-6-5-14-35(39)37-22-23-38-36-21-20-31(28-40(36)50(3,4)46(38)45(37)49)29-12-11-13-30(24-29)32-25-33(47-51-41-16-7-9-18-43(41)53-47)27-34(26-32)48-52-42-17-8-10-19-44(42)54-48/h5-28H,1-4H3. The van der Waals surface area contributed by atoms with Gasteiger partial charge in [0.05, 0.1) is 0 Å². The third-order valence-corrected chi connectivity index (χ3v) is 11.9. The van der Waals surface area contributed by atoms with Crippen molar-refractivity contribution in [3.63, 3.8) is 0 Å². The average molecular weight is 697 g/mol. The van der Waals surface area contributed by atoms with Gasteiger partial charge in [-0.3, -0.25) is 0 Å². The molecule has 258 valence electrons. The second-order valence-electron chi connectivity index (χ2n) is 15.8. The van der Waals surface area contributed by atoms with E-state index < -0.39 is 0 Å². The minimum absolute atomic E-state index is 0.0725. The molecule has 2 aliphatic carbocycles. The predicted octanol–water partition coefficient (Wildman–Crippen LogP) is 13.2. The smallest absolute Gasteiger partial charge is 0.227 e. The van der Waals surface area contributed by atoms with Crippen LogP contribution >= 0.6 is 0 Å². The highest BCUT2D eigenvalue weighted by atomic mass is 16.4. The van der Waals surface area contributed by atoms with Gasteiger partial charge in [0.1, 0.15) is 11.0 Å². The maximum absolute atomic E-state index is 6.27. The molecule has 11 rings (SSSR count). The van der Waals surface area contributed by atoms with Crippen molar-refractivity contribution in [1.82, 2.24) is 9.97 Å². The summed E-state index contributed by atoms with van der Waals surface area (Å²) in [5.74, 6) is 1.12. The number of hydrogen-bond donors (Lipinski definition) is 0. The Hall–Kier alpha value is -6.52. The SMILES string of the molecule is CC1(C)c2ccccc2-c2ccc3c(c21)C(C)(C)c1cc(-c2cccc(-c4cc(-c5nc6ccccc6o5)cc(-c5nc6ccccc6o5)c4)c2)ccc1-3. The fourth-order valence-electron chi connectivity index (χ4n) is 9.27. The van der Waals surface area contributed by atoms with Crippen LogP contribution in [0.2, 0.25) is 0 Å². The molecule has 7 aromatic carbocycles. The molecular weight excluding hydrogens is 661 g/mol. The van der Waals surface area contributed by atoms with Gasteiger partial charge >= 0.3 is 0 Å². The second-order valence-corrected chi connectivity index (χ2v) is 15.8.